The summed E-state index contributed by atoms with van der Waals surface area (Å²) in [5.41, 5.74) is 0.403. The maximum Gasteiger partial charge on any atom is 0.209 e. The molecule has 17 heavy (non-hydrogen) atoms. The number of hydrogen-bond donors (Lipinski definition) is 1. The average molecular weight is 249 g/mol. The van der Waals surface area contributed by atoms with Crippen molar-refractivity contribution in [2.24, 2.45) is 0 Å². The largest absolute Gasteiger partial charge is 0.476 e. The lowest BCUT2D eigenvalue weighted by Gasteiger charge is -2.03. The molecule has 0 amide bonds. The first kappa shape index (κ1) is 11.5. The lowest BCUT2D eigenvalue weighted by atomic mass is 10.1. The first-order chi connectivity index (χ1) is 8.22. The molecular weight excluding hydrogens is 240 g/mol. The number of nitriles is 1. The molecule has 0 aliphatic carbocycles. The minimum absolute atomic E-state index is 0.00942. The van der Waals surface area contributed by atoms with Gasteiger partial charge in [0, 0.05) is 10.6 Å². The van der Waals surface area contributed by atoms with Crippen LogP contribution in [0.3, 0.4) is 0 Å². The van der Waals surface area contributed by atoms with Gasteiger partial charge in [-0.15, -0.1) is 0 Å². The number of nitrogens with one attached hydrogen (secondary N) is 1. The van der Waals surface area contributed by atoms with Crippen molar-refractivity contribution in [3.63, 3.8) is 0 Å². The van der Waals surface area contributed by atoms with E-state index in [9.17, 15) is 4.79 Å². The van der Waals surface area contributed by atoms with Crippen molar-refractivity contribution >= 4 is 17.4 Å². The number of carbonyl (C=O) groups is 1. The molecule has 5 heteroatoms. The Labute approximate surface area is 103 Å². The van der Waals surface area contributed by atoms with E-state index in [-0.39, 0.29) is 17.2 Å². The second kappa shape index (κ2) is 4.89. The molecule has 4 nitrogen and oxygen atoms in total. The van der Waals surface area contributed by atoms with Gasteiger partial charge in [0.2, 0.25) is 11.7 Å². The van der Waals surface area contributed by atoms with Crippen LogP contribution in [0.4, 0.5) is 0 Å². The molecule has 0 aromatic heterocycles. The second-order valence-electron chi connectivity index (χ2n) is 3.43. The fourth-order valence-corrected chi connectivity index (χ4v) is 1.61. The summed E-state index contributed by atoms with van der Waals surface area (Å²) in [6.45, 7) is 1.07. The summed E-state index contributed by atoms with van der Waals surface area (Å²) in [5.74, 6) is -0.110. The van der Waals surface area contributed by atoms with Crippen LogP contribution in [0.15, 0.2) is 35.7 Å². The van der Waals surface area contributed by atoms with Gasteiger partial charge in [-0.25, -0.2) is 0 Å². The van der Waals surface area contributed by atoms with E-state index in [2.05, 4.69) is 5.32 Å². The molecule has 1 heterocycles. The topological polar surface area (TPSA) is 62.1 Å². The Morgan fingerprint density at radius 3 is 2.65 bits per heavy atom. The SMILES string of the molecule is N#CC(C(=O)c1ccc(Cl)cc1)=C1NCCO1. The van der Waals surface area contributed by atoms with Gasteiger partial charge in [0.05, 0.1) is 6.54 Å². The van der Waals surface area contributed by atoms with Crippen LogP contribution in [0.25, 0.3) is 0 Å². The third-order valence-electron chi connectivity index (χ3n) is 2.31. The Morgan fingerprint density at radius 2 is 2.12 bits per heavy atom. The van der Waals surface area contributed by atoms with E-state index in [1.54, 1.807) is 24.3 Å². The number of Topliss-reactive ketones (excluding diaryl/α,β-unsaturated/α-hetero) is 1. The van der Waals surface area contributed by atoms with Gasteiger partial charge >= 0.3 is 0 Å². The highest BCUT2D eigenvalue weighted by molar-refractivity contribution is 6.30. The predicted octanol–water partition coefficient (Wildman–Crippen LogP) is 1.88. The van der Waals surface area contributed by atoms with Crippen molar-refractivity contribution in [2.45, 2.75) is 0 Å². The van der Waals surface area contributed by atoms with Crippen molar-refractivity contribution in [1.82, 2.24) is 5.32 Å². The van der Waals surface area contributed by atoms with Crippen LogP contribution in [-0.4, -0.2) is 18.9 Å². The summed E-state index contributed by atoms with van der Waals surface area (Å²) in [5, 5.41) is 12.4. The molecule has 0 bridgehead atoms. The first-order valence-electron chi connectivity index (χ1n) is 5.03. The fraction of sp³-hybridized carbons (Fsp3) is 0.167. The highest BCUT2D eigenvalue weighted by Crippen LogP contribution is 2.16. The summed E-state index contributed by atoms with van der Waals surface area (Å²) in [6.07, 6.45) is 0. The highest BCUT2D eigenvalue weighted by atomic mass is 35.5. The maximum absolute atomic E-state index is 12.0. The standard InChI is InChI=1S/C12H9ClN2O2/c13-9-3-1-8(2-4-9)11(16)10(7-14)12-15-5-6-17-12/h1-4,15H,5-6H2. The predicted molar refractivity (Wildman–Crippen MR) is 62.4 cm³/mol. The van der Waals surface area contributed by atoms with E-state index in [0.717, 1.165) is 0 Å². The maximum atomic E-state index is 12.0. The van der Waals surface area contributed by atoms with Crippen LogP contribution in [0.1, 0.15) is 10.4 Å². The molecule has 1 fully saturated rings. The van der Waals surface area contributed by atoms with E-state index in [1.165, 1.54) is 0 Å². The van der Waals surface area contributed by atoms with Gasteiger partial charge in [0.15, 0.2) is 5.57 Å². The number of rotatable bonds is 2. The van der Waals surface area contributed by atoms with Crippen LogP contribution < -0.4 is 5.32 Å². The third kappa shape index (κ3) is 2.40. The second-order valence-corrected chi connectivity index (χ2v) is 3.86. The van der Waals surface area contributed by atoms with Gasteiger partial charge in [-0.05, 0) is 24.3 Å². The van der Waals surface area contributed by atoms with Crippen LogP contribution in [0.2, 0.25) is 5.02 Å². The summed E-state index contributed by atoms with van der Waals surface area (Å²) in [7, 11) is 0. The molecule has 0 saturated carbocycles. The Balaban J connectivity index is 2.33. The van der Waals surface area contributed by atoms with E-state index >= 15 is 0 Å². The molecule has 1 aromatic carbocycles. The van der Waals surface area contributed by atoms with Crippen molar-refractivity contribution < 1.29 is 9.53 Å². The molecule has 0 unspecified atom stereocenters. The van der Waals surface area contributed by atoms with Gasteiger partial charge in [0.1, 0.15) is 12.7 Å². The molecule has 0 radical (unpaired) electrons. The van der Waals surface area contributed by atoms with Gasteiger partial charge < -0.3 is 10.1 Å². The minimum Gasteiger partial charge on any atom is -0.476 e. The molecule has 2 rings (SSSR count). The van der Waals surface area contributed by atoms with E-state index < -0.39 is 0 Å². The Morgan fingerprint density at radius 1 is 1.41 bits per heavy atom. The molecule has 1 aliphatic rings. The Hall–Kier alpha value is -1.99. The molecular formula is C12H9ClN2O2. The lowest BCUT2D eigenvalue weighted by molar-refractivity contribution is 0.103. The summed E-state index contributed by atoms with van der Waals surface area (Å²) < 4.78 is 5.17. The summed E-state index contributed by atoms with van der Waals surface area (Å²) in [4.78, 5) is 12.0. The van der Waals surface area contributed by atoms with Gasteiger partial charge in [-0.1, -0.05) is 11.6 Å². The molecule has 1 saturated heterocycles. The van der Waals surface area contributed by atoms with Crippen LogP contribution in [-0.2, 0) is 4.74 Å². The zero-order chi connectivity index (χ0) is 12.3. The zero-order valence-electron chi connectivity index (χ0n) is 8.87. The van der Waals surface area contributed by atoms with Crippen molar-refractivity contribution in [3.8, 4) is 6.07 Å². The number of benzene rings is 1. The number of nitrogens with zero attached hydrogens (tertiary/aromatic N) is 1. The number of halogens is 1. The molecule has 86 valence electrons. The Kier molecular flexibility index (Phi) is 3.31. The number of carbonyl (C=O) groups excluding carboxylic acids is 1. The summed E-state index contributed by atoms with van der Waals surface area (Å²) >= 11 is 5.73. The fourth-order valence-electron chi connectivity index (χ4n) is 1.48. The normalized spacial score (nSPS) is 16.7. The molecule has 0 spiro atoms. The molecule has 1 N–H and O–H groups in total. The highest BCUT2D eigenvalue weighted by Gasteiger charge is 2.21. The first-order valence-corrected chi connectivity index (χ1v) is 5.41. The van der Waals surface area contributed by atoms with Crippen LogP contribution in [0.5, 0.6) is 0 Å². The lowest BCUT2D eigenvalue weighted by Crippen LogP contribution is -2.12. The average Bonchev–Trinajstić information content (AvgIpc) is 2.84. The van der Waals surface area contributed by atoms with Gasteiger partial charge in [-0.3, -0.25) is 4.79 Å². The number of hydrogen-bond acceptors (Lipinski definition) is 4. The van der Waals surface area contributed by atoms with E-state index in [1.807, 2.05) is 6.07 Å². The quantitative estimate of drug-likeness (QED) is 0.493. The molecule has 1 aliphatic heterocycles. The van der Waals surface area contributed by atoms with E-state index in [0.29, 0.717) is 23.7 Å². The monoisotopic (exact) mass is 248 g/mol. The van der Waals surface area contributed by atoms with Gasteiger partial charge in [0.25, 0.3) is 0 Å². The number of ketones is 1. The smallest absolute Gasteiger partial charge is 0.209 e. The summed E-state index contributed by atoms with van der Waals surface area (Å²) in [6, 6.07) is 8.25. The molecule has 1 aromatic rings. The van der Waals surface area contributed by atoms with Crippen molar-refractivity contribution in [1.29, 1.82) is 5.26 Å². The molecule has 0 atom stereocenters. The zero-order valence-corrected chi connectivity index (χ0v) is 9.62. The van der Waals surface area contributed by atoms with Crippen LogP contribution in [0, 0.1) is 11.3 Å². The van der Waals surface area contributed by atoms with Crippen molar-refractivity contribution in [3.05, 3.63) is 46.3 Å². The Bertz CT molecular complexity index is 506. The van der Waals surface area contributed by atoms with E-state index in [4.69, 9.17) is 21.6 Å². The number of ether oxygens (including phenoxy) is 1. The minimum atomic E-state index is -0.367. The van der Waals surface area contributed by atoms with Gasteiger partial charge in [-0.2, -0.15) is 5.26 Å². The van der Waals surface area contributed by atoms with Crippen LogP contribution >= 0.6 is 11.6 Å². The third-order valence-corrected chi connectivity index (χ3v) is 2.56. The van der Waals surface area contributed by atoms with Crippen molar-refractivity contribution in [2.75, 3.05) is 13.2 Å². The number of allylic oxidation sites excluding steroid dienone is 1.